The van der Waals surface area contributed by atoms with Crippen LogP contribution in [0.5, 0.6) is 0 Å². The Morgan fingerprint density at radius 2 is 0.966 bits per heavy atom. The molecule has 172 valence electrons. The number of rotatable bonds is 18. The minimum absolute atomic E-state index is 0.0299. The molecule has 4 unspecified atom stereocenters. The number of ether oxygens (including phenoxy) is 3. The number of hydrogen-bond donors (Lipinski definition) is 0. The Hall–Kier alpha value is 0.0738. The second-order valence-electron chi connectivity index (χ2n) is 7.43. The summed E-state index contributed by atoms with van der Waals surface area (Å²) in [6.45, 7) is 1.59. The molecular weight excluding hydrogens is 416 g/mol. The summed E-state index contributed by atoms with van der Waals surface area (Å²) in [5, 5.41) is 0. The number of epoxide rings is 2. The van der Waals surface area contributed by atoms with Gasteiger partial charge in [0.15, 0.2) is 0 Å². The molecule has 0 aromatic rings. The third kappa shape index (κ3) is 8.26. The van der Waals surface area contributed by atoms with Gasteiger partial charge in [0.2, 0.25) is 0 Å². The SMILES string of the molecule is CO[Si](CCC(CC1CO1)OC(CC[Si](OC)(OC)OC)CC1CO1)(OC)OC. The third-order valence-electron chi connectivity index (χ3n) is 5.65. The first-order valence-electron chi connectivity index (χ1n) is 10.2. The summed E-state index contributed by atoms with van der Waals surface area (Å²) in [6, 6.07) is 1.38. The van der Waals surface area contributed by atoms with Gasteiger partial charge < -0.3 is 40.8 Å². The monoisotopic (exact) mass is 454 g/mol. The third-order valence-corrected chi connectivity index (χ3v) is 11.2. The minimum Gasteiger partial charge on any atom is -0.377 e. The van der Waals surface area contributed by atoms with Crippen LogP contribution >= 0.6 is 0 Å². The van der Waals surface area contributed by atoms with Crippen LogP contribution in [0.15, 0.2) is 0 Å². The fourth-order valence-electron chi connectivity index (χ4n) is 3.54. The average molecular weight is 455 g/mol. The molecule has 0 bridgehead atoms. The van der Waals surface area contributed by atoms with Crippen molar-refractivity contribution in [2.24, 2.45) is 0 Å². The summed E-state index contributed by atoms with van der Waals surface area (Å²) in [5.41, 5.74) is 0. The van der Waals surface area contributed by atoms with E-state index >= 15 is 0 Å². The predicted molar refractivity (Wildman–Crippen MR) is 110 cm³/mol. The lowest BCUT2D eigenvalue weighted by Gasteiger charge is -2.30. The summed E-state index contributed by atoms with van der Waals surface area (Å²) in [7, 11) is 4.52. The highest BCUT2D eigenvalue weighted by molar-refractivity contribution is 6.60. The van der Waals surface area contributed by atoms with Gasteiger partial charge in [-0.3, -0.25) is 0 Å². The van der Waals surface area contributed by atoms with Gasteiger partial charge in [-0.05, 0) is 12.8 Å². The standard InChI is InChI=1S/C18H38O9Si2/c1-19-28(20-2,21-3)9-7-15(11-17-13-25-17)27-16(12-18-14-26-18)8-10-29(22-4,23-5)24-6/h15-18H,7-14H2,1-6H3. The Morgan fingerprint density at radius 3 is 1.21 bits per heavy atom. The lowest BCUT2D eigenvalue weighted by Crippen LogP contribution is -2.44. The molecule has 0 radical (unpaired) electrons. The molecule has 2 aliphatic rings. The second-order valence-corrected chi connectivity index (χ2v) is 13.6. The molecule has 0 N–H and O–H groups in total. The van der Waals surface area contributed by atoms with Crippen LogP contribution in [0.25, 0.3) is 0 Å². The van der Waals surface area contributed by atoms with Gasteiger partial charge in [0.25, 0.3) is 0 Å². The van der Waals surface area contributed by atoms with Crippen molar-refractivity contribution in [3.05, 3.63) is 0 Å². The largest absolute Gasteiger partial charge is 0.500 e. The first-order chi connectivity index (χ1) is 14.0. The van der Waals surface area contributed by atoms with Crippen LogP contribution in [-0.2, 0) is 40.8 Å². The van der Waals surface area contributed by atoms with Crippen molar-refractivity contribution in [3.63, 3.8) is 0 Å². The van der Waals surface area contributed by atoms with Crippen LogP contribution in [0.2, 0.25) is 12.1 Å². The average Bonchev–Trinajstić information content (AvgIpc) is 3.67. The van der Waals surface area contributed by atoms with E-state index in [9.17, 15) is 0 Å². The molecule has 29 heavy (non-hydrogen) atoms. The molecular formula is C18H38O9Si2. The molecule has 2 aliphatic heterocycles. The molecule has 2 rings (SSSR count). The Labute approximate surface area is 176 Å². The zero-order valence-electron chi connectivity index (χ0n) is 18.6. The smallest absolute Gasteiger partial charge is 0.377 e. The Morgan fingerprint density at radius 1 is 0.655 bits per heavy atom. The van der Waals surface area contributed by atoms with E-state index in [1.807, 2.05) is 0 Å². The number of hydrogen-bond acceptors (Lipinski definition) is 9. The minimum atomic E-state index is -2.65. The molecule has 0 spiro atoms. The highest BCUT2D eigenvalue weighted by atomic mass is 28.4. The Kier molecular flexibility index (Phi) is 10.7. The first kappa shape index (κ1) is 25.3. The van der Waals surface area contributed by atoms with Gasteiger partial charge >= 0.3 is 17.6 Å². The highest BCUT2D eigenvalue weighted by Crippen LogP contribution is 2.30. The van der Waals surface area contributed by atoms with Crippen molar-refractivity contribution >= 4 is 17.6 Å². The molecule has 9 nitrogen and oxygen atoms in total. The van der Waals surface area contributed by atoms with Crippen molar-refractivity contribution in [3.8, 4) is 0 Å². The van der Waals surface area contributed by atoms with Crippen LogP contribution < -0.4 is 0 Å². The van der Waals surface area contributed by atoms with Gasteiger partial charge in [-0.1, -0.05) is 0 Å². The van der Waals surface area contributed by atoms with E-state index in [-0.39, 0.29) is 24.4 Å². The molecule has 0 aromatic carbocycles. The van der Waals surface area contributed by atoms with Crippen molar-refractivity contribution in [2.75, 3.05) is 55.9 Å². The quantitative estimate of drug-likeness (QED) is 0.227. The van der Waals surface area contributed by atoms with Gasteiger partial charge in [0.1, 0.15) is 0 Å². The summed E-state index contributed by atoms with van der Waals surface area (Å²) >= 11 is 0. The summed E-state index contributed by atoms with van der Waals surface area (Å²) in [5.74, 6) is 0. The highest BCUT2D eigenvalue weighted by Gasteiger charge is 2.42. The van der Waals surface area contributed by atoms with Crippen molar-refractivity contribution < 1.29 is 40.8 Å². The maximum atomic E-state index is 6.56. The van der Waals surface area contributed by atoms with Crippen LogP contribution in [0, 0.1) is 0 Å². The Balaban J connectivity index is 1.97. The first-order valence-corrected chi connectivity index (χ1v) is 14.0. The van der Waals surface area contributed by atoms with Crippen molar-refractivity contribution in [1.82, 2.24) is 0 Å². The normalized spacial score (nSPS) is 23.8. The molecule has 4 atom stereocenters. The van der Waals surface area contributed by atoms with Gasteiger partial charge in [-0.2, -0.15) is 0 Å². The lowest BCUT2D eigenvalue weighted by atomic mass is 10.1. The summed E-state index contributed by atoms with van der Waals surface area (Å²) < 4.78 is 50.9. The fraction of sp³-hybridized carbons (Fsp3) is 1.00. The maximum Gasteiger partial charge on any atom is 0.500 e. The maximum absolute atomic E-state index is 6.56. The summed E-state index contributed by atoms with van der Waals surface area (Å²) in [6.07, 6.45) is 3.87. The van der Waals surface area contributed by atoms with Crippen LogP contribution in [0.4, 0.5) is 0 Å². The van der Waals surface area contributed by atoms with Gasteiger partial charge in [-0.15, -0.1) is 0 Å². The van der Waals surface area contributed by atoms with Crippen LogP contribution in [0.1, 0.15) is 25.7 Å². The zero-order chi connectivity index (χ0) is 21.3. The van der Waals surface area contributed by atoms with Crippen LogP contribution in [0.3, 0.4) is 0 Å². The van der Waals surface area contributed by atoms with E-state index < -0.39 is 17.6 Å². The van der Waals surface area contributed by atoms with Crippen molar-refractivity contribution in [1.29, 1.82) is 0 Å². The van der Waals surface area contributed by atoms with E-state index in [1.165, 1.54) is 0 Å². The molecule has 0 aromatic heterocycles. The predicted octanol–water partition coefficient (Wildman–Crippen LogP) is 1.85. The van der Waals surface area contributed by atoms with E-state index in [1.54, 1.807) is 42.7 Å². The van der Waals surface area contributed by atoms with E-state index in [4.69, 9.17) is 40.8 Å². The molecule has 2 heterocycles. The molecule has 0 amide bonds. The van der Waals surface area contributed by atoms with E-state index in [2.05, 4.69) is 0 Å². The molecule has 0 saturated carbocycles. The van der Waals surface area contributed by atoms with Gasteiger partial charge in [-0.25, -0.2) is 0 Å². The summed E-state index contributed by atoms with van der Waals surface area (Å²) in [4.78, 5) is 0. The van der Waals surface area contributed by atoms with Crippen LogP contribution in [-0.4, -0.2) is 97.9 Å². The van der Waals surface area contributed by atoms with Crippen molar-refractivity contribution in [2.45, 2.75) is 62.2 Å². The van der Waals surface area contributed by atoms with E-state index in [0.29, 0.717) is 12.1 Å². The fourth-order valence-corrected chi connectivity index (χ4v) is 7.11. The Bertz CT molecular complexity index is 398. The topological polar surface area (TPSA) is 89.7 Å². The second kappa shape index (κ2) is 12.2. The lowest BCUT2D eigenvalue weighted by molar-refractivity contribution is -0.0339. The molecule has 2 saturated heterocycles. The molecule has 2 fully saturated rings. The molecule has 11 heteroatoms. The van der Waals surface area contributed by atoms with Gasteiger partial charge in [0, 0.05) is 67.6 Å². The zero-order valence-corrected chi connectivity index (χ0v) is 20.6. The van der Waals surface area contributed by atoms with E-state index in [0.717, 1.165) is 38.9 Å². The van der Waals surface area contributed by atoms with Gasteiger partial charge in [0.05, 0.1) is 37.6 Å². The molecule has 0 aliphatic carbocycles.